The van der Waals surface area contributed by atoms with Crippen LogP contribution in [0.1, 0.15) is 53.6 Å². The highest BCUT2D eigenvalue weighted by atomic mass is 35.5. The van der Waals surface area contributed by atoms with E-state index in [1.165, 1.54) is 12.1 Å². The number of benzene rings is 2. The van der Waals surface area contributed by atoms with Crippen molar-refractivity contribution >= 4 is 29.1 Å². The van der Waals surface area contributed by atoms with Crippen molar-refractivity contribution in [3.05, 3.63) is 87.2 Å². The summed E-state index contributed by atoms with van der Waals surface area (Å²) in [5.74, 6) is -0.0969. The summed E-state index contributed by atoms with van der Waals surface area (Å²) in [6.07, 6.45) is -4.06. The fourth-order valence-electron chi connectivity index (χ4n) is 4.59. The van der Waals surface area contributed by atoms with E-state index in [4.69, 9.17) is 32.9 Å². The Morgan fingerprint density at radius 3 is 2.41 bits per heavy atom. The van der Waals surface area contributed by atoms with Gasteiger partial charge in [-0.1, -0.05) is 35.3 Å². The summed E-state index contributed by atoms with van der Waals surface area (Å²) < 4.78 is 46.0. The van der Waals surface area contributed by atoms with Gasteiger partial charge in [0, 0.05) is 33.8 Å². The number of aromatic nitrogens is 3. The first-order valence-corrected chi connectivity index (χ1v) is 12.8. The molecule has 39 heavy (non-hydrogen) atoms. The summed E-state index contributed by atoms with van der Waals surface area (Å²) in [6, 6.07) is 12.6. The van der Waals surface area contributed by atoms with E-state index < -0.39 is 23.4 Å². The Balaban J connectivity index is 1.67. The minimum atomic E-state index is -4.48. The van der Waals surface area contributed by atoms with Crippen LogP contribution in [0.5, 0.6) is 5.88 Å². The first kappa shape index (κ1) is 27.0. The molecule has 0 fully saturated rings. The molecule has 0 spiro atoms. The van der Waals surface area contributed by atoms with Gasteiger partial charge >= 0.3 is 6.18 Å². The molecule has 0 bridgehead atoms. The summed E-state index contributed by atoms with van der Waals surface area (Å²) >= 11 is 12.6. The van der Waals surface area contributed by atoms with Crippen molar-refractivity contribution in [1.82, 2.24) is 20.5 Å². The summed E-state index contributed by atoms with van der Waals surface area (Å²) in [4.78, 5) is 17.8. The molecule has 1 unspecified atom stereocenters. The predicted molar refractivity (Wildman–Crippen MR) is 143 cm³/mol. The van der Waals surface area contributed by atoms with E-state index in [9.17, 15) is 18.0 Å². The molecule has 3 heterocycles. The Morgan fingerprint density at radius 1 is 1.08 bits per heavy atom. The first-order chi connectivity index (χ1) is 18.3. The molecule has 0 saturated heterocycles. The minimum Gasteiger partial charge on any atom is -0.471 e. The van der Waals surface area contributed by atoms with E-state index in [0.717, 1.165) is 17.8 Å². The number of ether oxygens (including phenoxy) is 1. The number of aromatic amines is 1. The predicted octanol–water partition coefficient (Wildman–Crippen LogP) is 7.80. The van der Waals surface area contributed by atoms with Gasteiger partial charge in [0.25, 0.3) is 5.91 Å². The maximum Gasteiger partial charge on any atom is 0.416 e. The van der Waals surface area contributed by atoms with Gasteiger partial charge in [-0.15, -0.1) is 0 Å². The highest BCUT2D eigenvalue weighted by Crippen LogP contribution is 2.45. The molecule has 6 nitrogen and oxygen atoms in total. The Labute approximate surface area is 232 Å². The number of carbonyl (C=O) groups is 1. The van der Waals surface area contributed by atoms with Gasteiger partial charge in [0.2, 0.25) is 5.88 Å². The van der Waals surface area contributed by atoms with Crippen molar-refractivity contribution in [3.8, 4) is 28.3 Å². The van der Waals surface area contributed by atoms with Crippen LogP contribution < -0.4 is 10.1 Å². The van der Waals surface area contributed by atoms with Crippen LogP contribution in [0.25, 0.3) is 22.4 Å². The van der Waals surface area contributed by atoms with Crippen LogP contribution in [-0.2, 0) is 6.18 Å². The zero-order valence-corrected chi connectivity index (χ0v) is 22.6. The third-order valence-corrected chi connectivity index (χ3v) is 6.96. The lowest BCUT2D eigenvalue weighted by atomic mass is 9.88. The molecule has 1 aliphatic rings. The molecule has 1 atom stereocenters. The topological polar surface area (TPSA) is 79.9 Å². The summed E-state index contributed by atoms with van der Waals surface area (Å²) in [7, 11) is 0. The number of H-pyrrole nitrogens is 1. The Hall–Kier alpha value is -3.56. The SMILES string of the molecule is Cc1cc(C(=O)NC2CC(C)(C)Oc3nc(-c4ccc(Cl)cc4Cl)c(-c4ccc(C(F)(F)F)cc4)cc32)n[nH]1. The number of nitrogens with zero attached hydrogens (tertiary/aromatic N) is 2. The molecular weight excluding hydrogens is 552 g/mol. The number of hydrogen-bond acceptors (Lipinski definition) is 4. The zero-order chi connectivity index (χ0) is 28.1. The Kier molecular flexibility index (Phi) is 6.84. The average molecular weight is 575 g/mol. The van der Waals surface area contributed by atoms with Crippen molar-refractivity contribution in [1.29, 1.82) is 0 Å². The molecule has 5 rings (SSSR count). The van der Waals surface area contributed by atoms with E-state index >= 15 is 0 Å². The van der Waals surface area contributed by atoms with Crippen LogP contribution in [0.15, 0.2) is 54.6 Å². The van der Waals surface area contributed by atoms with Crippen LogP contribution in [0.4, 0.5) is 13.2 Å². The zero-order valence-electron chi connectivity index (χ0n) is 21.1. The highest BCUT2D eigenvalue weighted by molar-refractivity contribution is 6.36. The Morgan fingerprint density at radius 2 is 1.79 bits per heavy atom. The number of alkyl halides is 3. The van der Waals surface area contributed by atoms with Gasteiger partial charge in [-0.2, -0.15) is 18.3 Å². The second kappa shape index (κ2) is 9.88. The maximum atomic E-state index is 13.3. The second-order valence-corrected chi connectivity index (χ2v) is 10.8. The number of amides is 1. The number of pyridine rings is 1. The van der Waals surface area contributed by atoms with Gasteiger partial charge in [0.15, 0.2) is 0 Å². The number of halogens is 5. The van der Waals surface area contributed by atoms with Crippen LogP contribution in [0.3, 0.4) is 0 Å². The molecule has 11 heteroatoms. The molecule has 1 amide bonds. The molecular formula is C28H23Cl2F3N4O2. The van der Waals surface area contributed by atoms with Gasteiger partial charge in [0.05, 0.1) is 22.3 Å². The molecule has 0 aliphatic carbocycles. The van der Waals surface area contributed by atoms with Crippen molar-refractivity contribution in [3.63, 3.8) is 0 Å². The second-order valence-electron chi connectivity index (χ2n) is 10.0. The van der Waals surface area contributed by atoms with Gasteiger partial charge in [0.1, 0.15) is 11.3 Å². The van der Waals surface area contributed by atoms with Gasteiger partial charge in [-0.05, 0) is 68.8 Å². The smallest absolute Gasteiger partial charge is 0.416 e. The third-order valence-electron chi connectivity index (χ3n) is 6.41. The number of hydrogen-bond donors (Lipinski definition) is 2. The number of carbonyl (C=O) groups excluding carboxylic acids is 1. The monoisotopic (exact) mass is 574 g/mol. The quantitative estimate of drug-likeness (QED) is 0.260. The van der Waals surface area contributed by atoms with E-state index in [1.807, 2.05) is 13.8 Å². The van der Waals surface area contributed by atoms with Gasteiger partial charge < -0.3 is 10.1 Å². The van der Waals surface area contributed by atoms with Gasteiger partial charge in [-0.3, -0.25) is 9.89 Å². The van der Waals surface area contributed by atoms with Crippen LogP contribution in [-0.4, -0.2) is 26.7 Å². The molecule has 2 aromatic heterocycles. The number of fused-ring (bicyclic) bond motifs is 1. The van der Waals surface area contributed by atoms with Crippen molar-refractivity contribution < 1.29 is 22.7 Å². The lowest BCUT2D eigenvalue weighted by Crippen LogP contribution is -2.41. The van der Waals surface area contributed by atoms with Crippen LogP contribution >= 0.6 is 23.2 Å². The number of nitrogens with one attached hydrogen (secondary N) is 2. The largest absolute Gasteiger partial charge is 0.471 e. The van der Waals surface area contributed by atoms with Gasteiger partial charge in [-0.25, -0.2) is 4.98 Å². The van der Waals surface area contributed by atoms with E-state index in [2.05, 4.69) is 15.5 Å². The summed E-state index contributed by atoms with van der Waals surface area (Å²) in [6.45, 7) is 5.56. The minimum absolute atomic E-state index is 0.235. The lowest BCUT2D eigenvalue weighted by Gasteiger charge is -2.37. The van der Waals surface area contributed by atoms with Crippen molar-refractivity contribution in [2.75, 3.05) is 0 Å². The summed E-state index contributed by atoms with van der Waals surface area (Å²) in [5, 5.41) is 10.5. The van der Waals surface area contributed by atoms with E-state index in [0.29, 0.717) is 44.4 Å². The lowest BCUT2D eigenvalue weighted by molar-refractivity contribution is -0.137. The first-order valence-electron chi connectivity index (χ1n) is 12.0. The summed E-state index contributed by atoms with van der Waals surface area (Å²) in [5.41, 5.74) is 2.03. The van der Waals surface area contributed by atoms with E-state index in [-0.39, 0.29) is 17.5 Å². The van der Waals surface area contributed by atoms with Crippen LogP contribution in [0.2, 0.25) is 10.0 Å². The van der Waals surface area contributed by atoms with Crippen molar-refractivity contribution in [2.24, 2.45) is 0 Å². The molecule has 4 aromatic rings. The molecule has 2 N–H and O–H groups in total. The number of aryl methyl sites for hydroxylation is 1. The average Bonchev–Trinajstić information content (AvgIpc) is 3.29. The molecule has 1 aliphatic heterocycles. The molecule has 0 radical (unpaired) electrons. The number of rotatable bonds is 4. The molecule has 0 saturated carbocycles. The van der Waals surface area contributed by atoms with E-state index in [1.54, 1.807) is 37.3 Å². The fourth-order valence-corrected chi connectivity index (χ4v) is 5.09. The third kappa shape index (κ3) is 5.60. The van der Waals surface area contributed by atoms with Crippen LogP contribution in [0, 0.1) is 6.92 Å². The normalized spacial score (nSPS) is 16.4. The molecule has 202 valence electrons. The van der Waals surface area contributed by atoms with Crippen molar-refractivity contribution in [2.45, 2.75) is 45.0 Å². The fraction of sp³-hybridized carbons (Fsp3) is 0.250. The molecule has 2 aromatic carbocycles. The highest BCUT2D eigenvalue weighted by Gasteiger charge is 2.37. The Bertz CT molecular complexity index is 1570. The maximum absolute atomic E-state index is 13.3. The standard InChI is InChI=1S/C28H23Cl2F3N4O2/c1-14-10-22(37-36-14)25(38)34-23-13-27(2,3)39-26-20(23)12-19(15-4-6-16(7-5-15)28(31,32)33)24(35-26)18-9-8-17(29)11-21(18)30/h4-12,23H,13H2,1-3H3,(H,34,38)(H,36,37).